The number of carbonyl (C=O) groups is 2. The Hall–Kier alpha value is -2.62. The highest BCUT2D eigenvalue weighted by molar-refractivity contribution is 6.06. The second-order valence-corrected chi connectivity index (χ2v) is 7.01. The predicted octanol–water partition coefficient (Wildman–Crippen LogP) is 4.70. The van der Waals surface area contributed by atoms with Crippen molar-refractivity contribution in [1.82, 2.24) is 5.32 Å². The molecule has 3 rings (SSSR count). The number of aryl methyl sites for hydroxylation is 1. The molecule has 0 aliphatic heterocycles. The number of rotatable bonds is 4. The summed E-state index contributed by atoms with van der Waals surface area (Å²) in [5, 5.41) is 6.04. The SMILES string of the molecule is Cc1ccccc1NC(=O)c1cccc(C(=O)NC2CCCCCC2)c1. The summed E-state index contributed by atoms with van der Waals surface area (Å²) in [6, 6.07) is 14.8. The number of anilines is 1. The first kappa shape index (κ1) is 18.2. The highest BCUT2D eigenvalue weighted by Gasteiger charge is 2.17. The third-order valence-corrected chi connectivity index (χ3v) is 4.97. The maximum absolute atomic E-state index is 12.6. The zero-order chi connectivity index (χ0) is 18.4. The van der Waals surface area contributed by atoms with Crippen LogP contribution in [0.2, 0.25) is 0 Å². The highest BCUT2D eigenvalue weighted by atomic mass is 16.2. The Morgan fingerprint density at radius 3 is 2.19 bits per heavy atom. The molecule has 2 amide bonds. The van der Waals surface area contributed by atoms with E-state index in [9.17, 15) is 9.59 Å². The van der Waals surface area contributed by atoms with Crippen LogP contribution in [0, 0.1) is 6.92 Å². The van der Waals surface area contributed by atoms with Gasteiger partial charge in [0.25, 0.3) is 11.8 Å². The Morgan fingerprint density at radius 2 is 1.50 bits per heavy atom. The van der Waals surface area contributed by atoms with Gasteiger partial charge in [-0.15, -0.1) is 0 Å². The van der Waals surface area contributed by atoms with Crippen LogP contribution in [0.5, 0.6) is 0 Å². The lowest BCUT2D eigenvalue weighted by Gasteiger charge is -2.16. The number of amides is 2. The Morgan fingerprint density at radius 1 is 0.846 bits per heavy atom. The molecule has 1 saturated carbocycles. The van der Waals surface area contributed by atoms with E-state index in [2.05, 4.69) is 10.6 Å². The second-order valence-electron chi connectivity index (χ2n) is 7.01. The number of nitrogens with one attached hydrogen (secondary N) is 2. The predicted molar refractivity (Wildman–Crippen MR) is 105 cm³/mol. The van der Waals surface area contributed by atoms with Crippen LogP contribution in [0.3, 0.4) is 0 Å². The normalized spacial score (nSPS) is 15.1. The van der Waals surface area contributed by atoms with E-state index in [0.29, 0.717) is 11.1 Å². The molecular weight excluding hydrogens is 324 g/mol. The summed E-state index contributed by atoms with van der Waals surface area (Å²) in [5.74, 6) is -0.300. The van der Waals surface area contributed by atoms with Crippen molar-refractivity contribution in [3.8, 4) is 0 Å². The Balaban J connectivity index is 1.68. The topological polar surface area (TPSA) is 58.2 Å². The summed E-state index contributed by atoms with van der Waals surface area (Å²) in [6.45, 7) is 1.95. The van der Waals surface area contributed by atoms with Gasteiger partial charge < -0.3 is 10.6 Å². The van der Waals surface area contributed by atoms with E-state index in [1.54, 1.807) is 24.3 Å². The monoisotopic (exact) mass is 350 g/mol. The van der Waals surface area contributed by atoms with Crippen LogP contribution in [0.15, 0.2) is 48.5 Å². The first-order valence-corrected chi connectivity index (χ1v) is 9.41. The fourth-order valence-electron chi connectivity index (χ4n) is 3.40. The molecule has 2 N–H and O–H groups in total. The minimum Gasteiger partial charge on any atom is -0.349 e. The zero-order valence-corrected chi connectivity index (χ0v) is 15.3. The lowest BCUT2D eigenvalue weighted by Crippen LogP contribution is -2.34. The first-order chi connectivity index (χ1) is 12.6. The van der Waals surface area contributed by atoms with Gasteiger partial charge in [-0.25, -0.2) is 0 Å². The van der Waals surface area contributed by atoms with Crippen molar-refractivity contribution in [3.63, 3.8) is 0 Å². The summed E-state index contributed by atoms with van der Waals surface area (Å²) < 4.78 is 0. The van der Waals surface area contributed by atoms with Gasteiger partial charge in [-0.05, 0) is 49.6 Å². The van der Waals surface area contributed by atoms with Crippen molar-refractivity contribution in [3.05, 3.63) is 65.2 Å². The molecule has 1 aliphatic carbocycles. The van der Waals surface area contributed by atoms with Gasteiger partial charge >= 0.3 is 0 Å². The van der Waals surface area contributed by atoms with Crippen molar-refractivity contribution < 1.29 is 9.59 Å². The second kappa shape index (κ2) is 8.65. The Labute approximate surface area is 155 Å². The highest BCUT2D eigenvalue weighted by Crippen LogP contribution is 2.18. The van der Waals surface area contributed by atoms with E-state index in [1.807, 2.05) is 31.2 Å². The maximum Gasteiger partial charge on any atom is 0.255 e. The van der Waals surface area contributed by atoms with Crippen LogP contribution in [0.1, 0.15) is 64.8 Å². The fraction of sp³-hybridized carbons (Fsp3) is 0.364. The standard InChI is InChI=1S/C22H26N2O2/c1-16-9-6-7-14-20(16)24-22(26)18-11-8-10-17(15-18)21(25)23-19-12-4-2-3-5-13-19/h6-11,14-15,19H,2-5,12-13H2,1H3,(H,23,25)(H,24,26). The first-order valence-electron chi connectivity index (χ1n) is 9.41. The molecule has 0 atom stereocenters. The molecule has 0 spiro atoms. The van der Waals surface area contributed by atoms with E-state index in [0.717, 1.165) is 24.1 Å². The van der Waals surface area contributed by atoms with E-state index in [1.165, 1.54) is 25.7 Å². The van der Waals surface area contributed by atoms with Gasteiger partial charge in [0.2, 0.25) is 0 Å². The molecule has 2 aromatic carbocycles. The zero-order valence-electron chi connectivity index (χ0n) is 15.3. The molecule has 0 bridgehead atoms. The van der Waals surface area contributed by atoms with Crippen LogP contribution in [0.4, 0.5) is 5.69 Å². The van der Waals surface area contributed by atoms with Gasteiger partial charge in [0.15, 0.2) is 0 Å². The average Bonchev–Trinajstić information content (AvgIpc) is 2.92. The largest absolute Gasteiger partial charge is 0.349 e. The molecule has 1 fully saturated rings. The number of hydrogen-bond acceptors (Lipinski definition) is 2. The summed E-state index contributed by atoms with van der Waals surface area (Å²) in [5.41, 5.74) is 2.81. The van der Waals surface area contributed by atoms with E-state index < -0.39 is 0 Å². The summed E-state index contributed by atoms with van der Waals surface area (Å²) >= 11 is 0. The molecule has 0 aromatic heterocycles. The minimum absolute atomic E-state index is 0.0950. The molecule has 0 saturated heterocycles. The van der Waals surface area contributed by atoms with Crippen LogP contribution in [0.25, 0.3) is 0 Å². The van der Waals surface area contributed by atoms with E-state index in [-0.39, 0.29) is 17.9 Å². The molecule has 0 unspecified atom stereocenters. The molecular formula is C22H26N2O2. The molecule has 136 valence electrons. The van der Waals surface area contributed by atoms with Crippen molar-refractivity contribution in [1.29, 1.82) is 0 Å². The molecule has 1 aliphatic rings. The molecule has 4 nitrogen and oxygen atoms in total. The van der Waals surface area contributed by atoms with E-state index >= 15 is 0 Å². The lowest BCUT2D eigenvalue weighted by molar-refractivity contribution is 0.0933. The van der Waals surface area contributed by atoms with Gasteiger partial charge in [0, 0.05) is 22.9 Å². The molecule has 0 heterocycles. The van der Waals surface area contributed by atoms with Crippen molar-refractivity contribution in [2.45, 2.75) is 51.5 Å². The minimum atomic E-state index is -0.205. The third-order valence-electron chi connectivity index (χ3n) is 4.97. The van der Waals surface area contributed by atoms with Crippen molar-refractivity contribution in [2.24, 2.45) is 0 Å². The van der Waals surface area contributed by atoms with Gasteiger partial charge in [-0.1, -0.05) is 49.9 Å². The van der Waals surface area contributed by atoms with Gasteiger partial charge in [-0.2, -0.15) is 0 Å². The quantitative estimate of drug-likeness (QED) is 0.785. The Bertz CT molecular complexity index is 777. The summed E-state index contributed by atoms with van der Waals surface area (Å²) in [4.78, 5) is 25.1. The number of para-hydroxylation sites is 1. The molecule has 2 aromatic rings. The maximum atomic E-state index is 12.6. The number of carbonyl (C=O) groups excluding carboxylic acids is 2. The smallest absolute Gasteiger partial charge is 0.255 e. The Kier molecular flexibility index (Phi) is 6.05. The van der Waals surface area contributed by atoms with Crippen molar-refractivity contribution in [2.75, 3.05) is 5.32 Å². The molecule has 26 heavy (non-hydrogen) atoms. The van der Waals surface area contributed by atoms with Crippen LogP contribution in [-0.2, 0) is 0 Å². The number of hydrogen-bond donors (Lipinski definition) is 2. The summed E-state index contributed by atoms with van der Waals surface area (Å²) in [6.07, 6.45) is 6.92. The van der Waals surface area contributed by atoms with Crippen LogP contribution < -0.4 is 10.6 Å². The average molecular weight is 350 g/mol. The van der Waals surface area contributed by atoms with Crippen molar-refractivity contribution >= 4 is 17.5 Å². The van der Waals surface area contributed by atoms with E-state index in [4.69, 9.17) is 0 Å². The van der Waals surface area contributed by atoms with Gasteiger partial charge in [0.05, 0.1) is 0 Å². The molecule has 0 radical (unpaired) electrons. The summed E-state index contributed by atoms with van der Waals surface area (Å²) in [7, 11) is 0. The fourth-order valence-corrected chi connectivity index (χ4v) is 3.40. The number of benzene rings is 2. The van der Waals surface area contributed by atoms with Gasteiger partial charge in [0.1, 0.15) is 0 Å². The molecule has 4 heteroatoms. The van der Waals surface area contributed by atoms with Crippen LogP contribution >= 0.6 is 0 Å². The van der Waals surface area contributed by atoms with Gasteiger partial charge in [-0.3, -0.25) is 9.59 Å². The lowest BCUT2D eigenvalue weighted by atomic mass is 10.1. The third kappa shape index (κ3) is 4.72. The van der Waals surface area contributed by atoms with Crippen LogP contribution in [-0.4, -0.2) is 17.9 Å².